The molecule has 2 rings (SSSR count). The SMILES string of the molecule is Nc1cccnc1S(=O)CCCN1CCCC1. The Hall–Kier alpha value is -0.940. The van der Waals surface area contributed by atoms with Crippen molar-refractivity contribution in [2.24, 2.45) is 0 Å². The topological polar surface area (TPSA) is 59.2 Å². The Kier molecular flexibility index (Phi) is 4.50. The molecule has 1 aliphatic rings. The first-order chi connectivity index (χ1) is 8.27. The summed E-state index contributed by atoms with van der Waals surface area (Å²) in [6, 6.07) is 3.51. The Bertz CT molecular complexity index is 391. The van der Waals surface area contributed by atoms with Gasteiger partial charge in [-0.1, -0.05) is 0 Å². The number of nitrogens with zero attached hydrogens (tertiary/aromatic N) is 2. The molecule has 1 fully saturated rings. The van der Waals surface area contributed by atoms with Gasteiger partial charge >= 0.3 is 0 Å². The van der Waals surface area contributed by atoms with Gasteiger partial charge in [-0.15, -0.1) is 0 Å². The van der Waals surface area contributed by atoms with Crippen LogP contribution in [0.15, 0.2) is 23.4 Å². The molecule has 2 heterocycles. The molecule has 0 bridgehead atoms. The summed E-state index contributed by atoms with van der Waals surface area (Å²) in [5, 5.41) is 0.536. The molecule has 1 unspecified atom stereocenters. The van der Waals surface area contributed by atoms with Crippen LogP contribution in [0.5, 0.6) is 0 Å². The first-order valence-electron chi connectivity index (χ1n) is 6.08. The van der Waals surface area contributed by atoms with Crippen LogP contribution in [0.4, 0.5) is 5.69 Å². The number of nitrogens with two attached hydrogens (primary N) is 1. The maximum atomic E-state index is 12.0. The van der Waals surface area contributed by atoms with E-state index in [-0.39, 0.29) is 0 Å². The van der Waals surface area contributed by atoms with Crippen LogP contribution in [0, 0.1) is 0 Å². The number of pyridine rings is 1. The monoisotopic (exact) mass is 253 g/mol. The van der Waals surface area contributed by atoms with Crippen molar-refractivity contribution < 1.29 is 4.21 Å². The van der Waals surface area contributed by atoms with Gasteiger partial charge in [-0.05, 0) is 51.0 Å². The molecule has 0 amide bonds. The van der Waals surface area contributed by atoms with Crippen LogP contribution in [0.25, 0.3) is 0 Å². The molecule has 1 aromatic rings. The number of likely N-dealkylation sites (tertiary alicyclic amines) is 1. The molecule has 0 saturated carbocycles. The number of hydrogen-bond acceptors (Lipinski definition) is 4. The zero-order valence-electron chi connectivity index (χ0n) is 9.97. The third-order valence-corrected chi connectivity index (χ3v) is 4.45. The van der Waals surface area contributed by atoms with Crippen molar-refractivity contribution in [1.29, 1.82) is 0 Å². The second-order valence-electron chi connectivity index (χ2n) is 4.35. The van der Waals surface area contributed by atoms with E-state index in [4.69, 9.17) is 5.73 Å². The number of rotatable bonds is 5. The second kappa shape index (κ2) is 6.12. The number of anilines is 1. The maximum Gasteiger partial charge on any atom is 0.150 e. The smallest absolute Gasteiger partial charge is 0.150 e. The summed E-state index contributed by atoms with van der Waals surface area (Å²) in [7, 11) is -1.06. The quantitative estimate of drug-likeness (QED) is 0.858. The molecule has 2 N–H and O–H groups in total. The minimum Gasteiger partial charge on any atom is -0.396 e. The van der Waals surface area contributed by atoms with Crippen LogP contribution >= 0.6 is 0 Å². The van der Waals surface area contributed by atoms with Gasteiger partial charge in [0.1, 0.15) is 5.03 Å². The van der Waals surface area contributed by atoms with Crippen molar-refractivity contribution in [3.8, 4) is 0 Å². The maximum absolute atomic E-state index is 12.0. The summed E-state index contributed by atoms with van der Waals surface area (Å²) in [6.07, 6.45) is 5.19. The average molecular weight is 253 g/mol. The van der Waals surface area contributed by atoms with Gasteiger partial charge in [0.25, 0.3) is 0 Å². The van der Waals surface area contributed by atoms with Crippen LogP contribution in [0.3, 0.4) is 0 Å². The first-order valence-corrected chi connectivity index (χ1v) is 7.40. The third-order valence-electron chi connectivity index (χ3n) is 3.02. The molecule has 1 aliphatic heterocycles. The minimum absolute atomic E-state index is 0.534. The lowest BCUT2D eigenvalue weighted by Crippen LogP contribution is -2.21. The van der Waals surface area contributed by atoms with E-state index in [0.29, 0.717) is 16.5 Å². The Morgan fingerprint density at radius 1 is 1.41 bits per heavy atom. The zero-order chi connectivity index (χ0) is 12.1. The van der Waals surface area contributed by atoms with E-state index in [1.54, 1.807) is 18.3 Å². The molecule has 94 valence electrons. The van der Waals surface area contributed by atoms with Crippen LogP contribution < -0.4 is 5.73 Å². The highest BCUT2D eigenvalue weighted by molar-refractivity contribution is 7.85. The Morgan fingerprint density at radius 3 is 2.88 bits per heavy atom. The lowest BCUT2D eigenvalue weighted by Gasteiger charge is -2.13. The van der Waals surface area contributed by atoms with E-state index in [0.717, 1.165) is 13.0 Å². The Labute approximate surface area is 105 Å². The molecule has 1 atom stereocenters. The standard InChI is InChI=1S/C12H19N3OS/c13-11-5-3-6-14-12(11)17(16)10-4-9-15-7-1-2-8-15/h3,5-6H,1-2,4,7-10,13H2. The number of nitrogen functional groups attached to an aromatic ring is 1. The fourth-order valence-corrected chi connectivity index (χ4v) is 3.21. The fourth-order valence-electron chi connectivity index (χ4n) is 2.12. The highest BCUT2D eigenvalue weighted by Crippen LogP contribution is 2.13. The van der Waals surface area contributed by atoms with Crippen LogP contribution in [-0.2, 0) is 10.8 Å². The van der Waals surface area contributed by atoms with Crippen molar-refractivity contribution in [1.82, 2.24) is 9.88 Å². The molecular formula is C12H19N3OS. The average Bonchev–Trinajstić information content (AvgIpc) is 2.82. The number of aromatic nitrogens is 1. The van der Waals surface area contributed by atoms with Crippen molar-refractivity contribution in [2.45, 2.75) is 24.3 Å². The van der Waals surface area contributed by atoms with Crippen molar-refractivity contribution >= 4 is 16.5 Å². The summed E-state index contributed by atoms with van der Waals surface area (Å²) in [5.74, 6) is 0.651. The lowest BCUT2D eigenvalue weighted by molar-refractivity contribution is 0.340. The van der Waals surface area contributed by atoms with E-state index < -0.39 is 10.8 Å². The predicted octanol–water partition coefficient (Wildman–Crippen LogP) is 1.26. The van der Waals surface area contributed by atoms with E-state index in [1.165, 1.54) is 25.9 Å². The Balaban J connectivity index is 1.79. The van der Waals surface area contributed by atoms with Gasteiger partial charge in [-0.25, -0.2) is 4.98 Å². The van der Waals surface area contributed by atoms with E-state index in [1.807, 2.05) is 0 Å². The highest BCUT2D eigenvalue weighted by atomic mass is 32.2. The zero-order valence-corrected chi connectivity index (χ0v) is 10.8. The van der Waals surface area contributed by atoms with Crippen LogP contribution in [0.1, 0.15) is 19.3 Å². The summed E-state index contributed by atoms with van der Waals surface area (Å²) in [4.78, 5) is 6.52. The Morgan fingerprint density at radius 2 is 2.18 bits per heavy atom. The molecular weight excluding hydrogens is 234 g/mol. The van der Waals surface area contributed by atoms with Crippen molar-refractivity contribution in [3.63, 3.8) is 0 Å². The van der Waals surface area contributed by atoms with Gasteiger partial charge in [0, 0.05) is 11.9 Å². The van der Waals surface area contributed by atoms with Gasteiger partial charge in [0.15, 0.2) is 0 Å². The molecule has 4 nitrogen and oxygen atoms in total. The van der Waals surface area contributed by atoms with Gasteiger partial charge in [0.2, 0.25) is 0 Å². The molecule has 0 radical (unpaired) electrons. The van der Waals surface area contributed by atoms with Gasteiger partial charge in [0.05, 0.1) is 16.5 Å². The summed E-state index contributed by atoms with van der Waals surface area (Å²) >= 11 is 0. The van der Waals surface area contributed by atoms with E-state index in [2.05, 4.69) is 9.88 Å². The largest absolute Gasteiger partial charge is 0.396 e. The summed E-state index contributed by atoms with van der Waals surface area (Å²) in [5.41, 5.74) is 6.28. The van der Waals surface area contributed by atoms with E-state index in [9.17, 15) is 4.21 Å². The highest BCUT2D eigenvalue weighted by Gasteiger charge is 2.13. The van der Waals surface area contributed by atoms with Crippen molar-refractivity contribution in [2.75, 3.05) is 31.1 Å². The molecule has 1 saturated heterocycles. The number of hydrogen-bond donors (Lipinski definition) is 1. The normalized spacial score (nSPS) is 18.4. The first kappa shape index (κ1) is 12.5. The molecule has 5 heteroatoms. The lowest BCUT2D eigenvalue weighted by atomic mass is 10.4. The minimum atomic E-state index is -1.06. The van der Waals surface area contributed by atoms with Crippen molar-refractivity contribution in [3.05, 3.63) is 18.3 Å². The second-order valence-corrected chi connectivity index (χ2v) is 5.84. The molecule has 0 aliphatic carbocycles. The van der Waals surface area contributed by atoms with Crippen LogP contribution in [0.2, 0.25) is 0 Å². The molecule has 17 heavy (non-hydrogen) atoms. The molecule has 0 aromatic carbocycles. The predicted molar refractivity (Wildman–Crippen MR) is 70.2 cm³/mol. The summed E-state index contributed by atoms with van der Waals surface area (Å²) < 4.78 is 12.0. The van der Waals surface area contributed by atoms with Gasteiger partial charge in [-0.3, -0.25) is 4.21 Å². The molecule has 0 spiro atoms. The third kappa shape index (κ3) is 3.51. The van der Waals surface area contributed by atoms with Gasteiger partial charge in [-0.2, -0.15) is 0 Å². The summed E-state index contributed by atoms with van der Waals surface area (Å²) in [6.45, 7) is 3.43. The van der Waals surface area contributed by atoms with Gasteiger partial charge < -0.3 is 10.6 Å². The van der Waals surface area contributed by atoms with E-state index >= 15 is 0 Å². The fraction of sp³-hybridized carbons (Fsp3) is 0.583. The molecule has 1 aromatic heterocycles. The van der Waals surface area contributed by atoms with Crippen LogP contribution in [-0.4, -0.2) is 39.5 Å².